The van der Waals surface area contributed by atoms with Crippen molar-refractivity contribution < 1.29 is 14.6 Å². The third-order valence-corrected chi connectivity index (χ3v) is 4.69. The Morgan fingerprint density at radius 2 is 2.04 bits per heavy atom. The van der Waals surface area contributed by atoms with Crippen LogP contribution in [-0.2, 0) is 11.3 Å². The van der Waals surface area contributed by atoms with Crippen molar-refractivity contribution in [3.8, 4) is 5.75 Å². The number of benzene rings is 1. The number of hydrogen-bond donors (Lipinski definition) is 1. The van der Waals surface area contributed by atoms with Gasteiger partial charge in [0, 0.05) is 18.0 Å². The molecule has 2 aromatic rings. The Bertz CT molecular complexity index is 741. The van der Waals surface area contributed by atoms with Crippen LogP contribution in [0.4, 0.5) is 0 Å². The summed E-state index contributed by atoms with van der Waals surface area (Å²) in [5.74, 6) is 1.12. The molecule has 24 heavy (non-hydrogen) atoms. The third-order valence-electron chi connectivity index (χ3n) is 4.69. The predicted molar refractivity (Wildman–Crippen MR) is 88.5 cm³/mol. The van der Waals surface area contributed by atoms with Crippen LogP contribution in [0.25, 0.3) is 0 Å². The Kier molecular flexibility index (Phi) is 3.94. The van der Waals surface area contributed by atoms with Gasteiger partial charge in [0.05, 0.1) is 13.1 Å². The van der Waals surface area contributed by atoms with Crippen molar-refractivity contribution in [1.29, 1.82) is 0 Å². The van der Waals surface area contributed by atoms with Crippen molar-refractivity contribution in [1.82, 2.24) is 9.88 Å². The van der Waals surface area contributed by atoms with Gasteiger partial charge in [0.2, 0.25) is 0 Å². The monoisotopic (exact) mass is 324 g/mol. The zero-order valence-electron chi connectivity index (χ0n) is 13.4. The number of hydrogen-bond acceptors (Lipinski definition) is 4. The van der Waals surface area contributed by atoms with Crippen molar-refractivity contribution in [3.05, 3.63) is 59.4 Å². The fourth-order valence-corrected chi connectivity index (χ4v) is 3.10. The van der Waals surface area contributed by atoms with Gasteiger partial charge in [-0.3, -0.25) is 9.78 Å². The summed E-state index contributed by atoms with van der Waals surface area (Å²) in [5, 5.41) is 10.5. The largest absolute Gasteiger partial charge is 0.491 e. The van der Waals surface area contributed by atoms with E-state index in [1.807, 2.05) is 24.3 Å². The first kappa shape index (κ1) is 15.1. The lowest BCUT2D eigenvalue weighted by atomic mass is 10.0. The summed E-state index contributed by atoms with van der Waals surface area (Å²) in [7, 11) is 0. The molecule has 124 valence electrons. The maximum atomic E-state index is 12.7. The summed E-state index contributed by atoms with van der Waals surface area (Å²) in [5.41, 5.74) is 2.79. The molecule has 0 saturated heterocycles. The Hall–Kier alpha value is -2.40. The molecule has 5 nitrogen and oxygen atoms in total. The van der Waals surface area contributed by atoms with Gasteiger partial charge in [-0.15, -0.1) is 0 Å². The fourth-order valence-electron chi connectivity index (χ4n) is 3.10. The van der Waals surface area contributed by atoms with Crippen LogP contribution in [0.3, 0.4) is 0 Å². The summed E-state index contributed by atoms with van der Waals surface area (Å²) in [6, 6.07) is 9.57. The topological polar surface area (TPSA) is 62.7 Å². The van der Waals surface area contributed by atoms with E-state index in [0.717, 1.165) is 11.3 Å². The number of aromatic nitrogens is 1. The predicted octanol–water partition coefficient (Wildman–Crippen LogP) is 2.41. The Morgan fingerprint density at radius 1 is 1.25 bits per heavy atom. The molecule has 2 aliphatic rings. The van der Waals surface area contributed by atoms with E-state index in [1.165, 1.54) is 18.4 Å². The number of ether oxygens (including phenoxy) is 1. The number of carbonyl (C=O) groups is 1. The standard InChI is InChI=1S/C19H20N2O3/c22-18(15-5-3-14(4-6-15)13-1-2-13)19(23)21-9-10-24-17-7-8-20-11-16(17)12-21/h3-8,11,13,18,22H,1-2,9-10,12H2. The van der Waals surface area contributed by atoms with Crippen molar-refractivity contribution >= 4 is 5.91 Å². The highest BCUT2D eigenvalue weighted by Crippen LogP contribution is 2.40. The van der Waals surface area contributed by atoms with Gasteiger partial charge in [-0.05, 0) is 36.0 Å². The van der Waals surface area contributed by atoms with Gasteiger partial charge < -0.3 is 14.7 Å². The average Bonchev–Trinajstić information content (AvgIpc) is 3.46. The quantitative estimate of drug-likeness (QED) is 0.942. The molecular formula is C19H20N2O3. The highest BCUT2D eigenvalue weighted by molar-refractivity contribution is 5.82. The van der Waals surface area contributed by atoms with E-state index >= 15 is 0 Å². The smallest absolute Gasteiger partial charge is 0.256 e. The van der Waals surface area contributed by atoms with E-state index < -0.39 is 6.10 Å². The minimum absolute atomic E-state index is 0.297. The highest BCUT2D eigenvalue weighted by Gasteiger charge is 2.27. The van der Waals surface area contributed by atoms with Crippen LogP contribution < -0.4 is 4.74 Å². The third kappa shape index (κ3) is 2.99. The molecule has 0 spiro atoms. The number of nitrogens with zero attached hydrogens (tertiary/aromatic N) is 2. The molecule has 1 unspecified atom stereocenters. The van der Waals surface area contributed by atoms with Gasteiger partial charge in [0.25, 0.3) is 5.91 Å². The molecule has 5 heteroatoms. The Morgan fingerprint density at radius 3 is 2.79 bits per heavy atom. The first-order valence-electron chi connectivity index (χ1n) is 8.35. The lowest BCUT2D eigenvalue weighted by molar-refractivity contribution is -0.141. The second-order valence-corrected chi connectivity index (χ2v) is 6.44. The van der Waals surface area contributed by atoms with Crippen LogP contribution in [0.5, 0.6) is 5.75 Å². The van der Waals surface area contributed by atoms with E-state index in [2.05, 4.69) is 4.98 Å². The lowest BCUT2D eigenvalue weighted by Gasteiger charge is -2.23. The highest BCUT2D eigenvalue weighted by atomic mass is 16.5. The minimum Gasteiger partial charge on any atom is -0.491 e. The molecule has 0 radical (unpaired) electrons. The second kappa shape index (κ2) is 6.24. The van der Waals surface area contributed by atoms with E-state index in [9.17, 15) is 9.90 Å². The molecule has 1 aromatic carbocycles. The van der Waals surface area contributed by atoms with E-state index in [4.69, 9.17) is 4.74 Å². The van der Waals surface area contributed by atoms with Crippen LogP contribution in [0.2, 0.25) is 0 Å². The fraction of sp³-hybridized carbons (Fsp3) is 0.368. The summed E-state index contributed by atoms with van der Waals surface area (Å²) >= 11 is 0. The Balaban J connectivity index is 1.49. The van der Waals surface area contributed by atoms with Crippen LogP contribution in [-0.4, -0.2) is 34.0 Å². The molecular weight excluding hydrogens is 304 g/mol. The van der Waals surface area contributed by atoms with Gasteiger partial charge in [-0.1, -0.05) is 24.3 Å². The zero-order chi connectivity index (χ0) is 16.5. The van der Waals surface area contributed by atoms with Crippen LogP contribution >= 0.6 is 0 Å². The molecule has 0 bridgehead atoms. The molecule has 1 fully saturated rings. The first-order valence-corrected chi connectivity index (χ1v) is 8.35. The molecule has 4 rings (SSSR count). The molecule has 2 heterocycles. The molecule has 1 atom stereocenters. The number of pyridine rings is 1. The van der Waals surface area contributed by atoms with Crippen LogP contribution in [0.1, 0.15) is 41.6 Å². The summed E-state index contributed by atoms with van der Waals surface area (Å²) in [4.78, 5) is 18.4. The van der Waals surface area contributed by atoms with Gasteiger partial charge in [0.1, 0.15) is 12.4 Å². The number of amides is 1. The van der Waals surface area contributed by atoms with Crippen LogP contribution in [0.15, 0.2) is 42.7 Å². The second-order valence-electron chi connectivity index (χ2n) is 6.44. The maximum absolute atomic E-state index is 12.7. The summed E-state index contributed by atoms with van der Waals surface area (Å²) in [6.07, 6.45) is 4.71. The van der Waals surface area contributed by atoms with Gasteiger partial charge >= 0.3 is 0 Å². The van der Waals surface area contributed by atoms with Gasteiger partial charge in [-0.25, -0.2) is 0 Å². The van der Waals surface area contributed by atoms with Crippen molar-refractivity contribution in [2.75, 3.05) is 13.2 Å². The van der Waals surface area contributed by atoms with E-state index in [0.29, 0.717) is 31.2 Å². The summed E-state index contributed by atoms with van der Waals surface area (Å²) in [6.45, 7) is 1.26. The molecule has 1 aliphatic heterocycles. The van der Waals surface area contributed by atoms with Crippen molar-refractivity contribution in [3.63, 3.8) is 0 Å². The van der Waals surface area contributed by atoms with Gasteiger partial charge in [-0.2, -0.15) is 0 Å². The van der Waals surface area contributed by atoms with E-state index in [1.54, 1.807) is 23.4 Å². The summed E-state index contributed by atoms with van der Waals surface area (Å²) < 4.78 is 5.65. The van der Waals surface area contributed by atoms with E-state index in [-0.39, 0.29) is 5.91 Å². The number of aliphatic hydroxyl groups excluding tert-OH is 1. The van der Waals surface area contributed by atoms with Gasteiger partial charge in [0.15, 0.2) is 6.10 Å². The molecule has 1 saturated carbocycles. The SMILES string of the molecule is O=C(C(O)c1ccc(C2CC2)cc1)N1CCOc2ccncc2C1. The number of fused-ring (bicyclic) bond motifs is 1. The Labute approximate surface area is 140 Å². The molecule has 1 aromatic heterocycles. The van der Waals surface area contributed by atoms with Crippen LogP contribution in [0, 0.1) is 0 Å². The zero-order valence-corrected chi connectivity index (χ0v) is 13.4. The number of carbonyl (C=O) groups excluding carboxylic acids is 1. The molecule has 1 N–H and O–H groups in total. The number of rotatable bonds is 3. The average molecular weight is 324 g/mol. The number of aliphatic hydroxyl groups is 1. The van der Waals surface area contributed by atoms with Crippen molar-refractivity contribution in [2.24, 2.45) is 0 Å². The minimum atomic E-state index is -1.14. The first-order chi connectivity index (χ1) is 11.7. The lowest BCUT2D eigenvalue weighted by Crippen LogP contribution is -2.36. The molecule has 1 aliphatic carbocycles. The normalized spacial score (nSPS) is 18.3. The maximum Gasteiger partial charge on any atom is 0.256 e. The molecule has 1 amide bonds. The van der Waals surface area contributed by atoms with Crippen molar-refractivity contribution in [2.45, 2.75) is 31.4 Å².